The minimum atomic E-state index is 0.828. The molecule has 0 aliphatic carbocycles. The van der Waals surface area contributed by atoms with Gasteiger partial charge in [0.2, 0.25) is 0 Å². The molecule has 0 fully saturated rings. The number of benzene rings is 1. The molecular weight excluding hydrogens is 190 g/mol. The summed E-state index contributed by atoms with van der Waals surface area (Å²) in [6.45, 7) is 0. The Morgan fingerprint density at radius 1 is 1.13 bits per heavy atom. The smallest absolute Gasteiger partial charge is 0.138 e. The third kappa shape index (κ3) is 1.16. The summed E-state index contributed by atoms with van der Waals surface area (Å²) in [5.74, 6) is 0.828. The van der Waals surface area contributed by atoms with Crippen LogP contribution in [-0.4, -0.2) is 12.1 Å². The van der Waals surface area contributed by atoms with Gasteiger partial charge >= 0.3 is 0 Å². The lowest BCUT2D eigenvalue weighted by Crippen LogP contribution is -1.80. The van der Waals surface area contributed by atoms with E-state index in [4.69, 9.17) is 9.15 Å². The maximum absolute atomic E-state index is 5.66. The topological polar surface area (TPSA) is 35.3 Å². The first-order valence-corrected chi connectivity index (χ1v) is 4.69. The largest absolute Gasteiger partial charge is 0.497 e. The summed E-state index contributed by atoms with van der Waals surface area (Å²) in [7, 11) is 1.65. The van der Waals surface area contributed by atoms with Gasteiger partial charge in [-0.1, -0.05) is 0 Å². The number of hydrogen-bond donors (Lipinski definition) is 0. The Kier molecular flexibility index (Phi) is 1.65. The molecule has 0 aliphatic heterocycles. The molecule has 0 atom stereocenters. The molecule has 3 aromatic rings. The van der Waals surface area contributed by atoms with Gasteiger partial charge in [-0.05, 0) is 24.3 Å². The van der Waals surface area contributed by atoms with E-state index in [9.17, 15) is 0 Å². The van der Waals surface area contributed by atoms with E-state index in [0.717, 1.165) is 27.7 Å². The summed E-state index contributed by atoms with van der Waals surface area (Å²) in [6, 6.07) is 7.62. The van der Waals surface area contributed by atoms with Crippen LogP contribution < -0.4 is 4.74 Å². The van der Waals surface area contributed by atoms with Gasteiger partial charge in [-0.3, -0.25) is 4.98 Å². The fourth-order valence-corrected chi connectivity index (χ4v) is 1.73. The molecule has 74 valence electrons. The molecule has 1 aromatic carbocycles. The van der Waals surface area contributed by atoms with E-state index < -0.39 is 0 Å². The van der Waals surface area contributed by atoms with Crippen LogP contribution >= 0.6 is 0 Å². The first kappa shape index (κ1) is 8.29. The van der Waals surface area contributed by atoms with Crippen molar-refractivity contribution in [1.29, 1.82) is 0 Å². The molecule has 0 radical (unpaired) electrons. The molecule has 3 heteroatoms. The van der Waals surface area contributed by atoms with Crippen molar-refractivity contribution in [2.45, 2.75) is 0 Å². The lowest BCUT2D eigenvalue weighted by Gasteiger charge is -1.97. The quantitative estimate of drug-likeness (QED) is 0.604. The SMILES string of the molecule is COc1ccc2oc3ccncc3c2c1. The molecule has 0 aliphatic rings. The molecule has 0 saturated heterocycles. The van der Waals surface area contributed by atoms with Gasteiger partial charge in [0.15, 0.2) is 0 Å². The van der Waals surface area contributed by atoms with Gasteiger partial charge in [0.05, 0.1) is 7.11 Å². The number of aromatic nitrogens is 1. The molecule has 0 saturated carbocycles. The molecule has 2 heterocycles. The molecule has 2 aromatic heterocycles. The van der Waals surface area contributed by atoms with Crippen LogP contribution in [0.4, 0.5) is 0 Å². The number of fused-ring (bicyclic) bond motifs is 3. The van der Waals surface area contributed by atoms with Gasteiger partial charge < -0.3 is 9.15 Å². The van der Waals surface area contributed by atoms with Gasteiger partial charge in [-0.15, -0.1) is 0 Å². The van der Waals surface area contributed by atoms with Crippen LogP contribution in [0.1, 0.15) is 0 Å². The Bertz CT molecular complexity index is 628. The third-order valence-corrected chi connectivity index (χ3v) is 2.48. The zero-order valence-electron chi connectivity index (χ0n) is 8.23. The summed E-state index contributed by atoms with van der Waals surface area (Å²) >= 11 is 0. The number of hydrogen-bond acceptors (Lipinski definition) is 3. The van der Waals surface area contributed by atoms with E-state index in [-0.39, 0.29) is 0 Å². The Hall–Kier alpha value is -2.03. The van der Waals surface area contributed by atoms with E-state index in [1.54, 1.807) is 19.5 Å². The number of rotatable bonds is 1. The second-order valence-corrected chi connectivity index (χ2v) is 3.34. The van der Waals surface area contributed by atoms with Gasteiger partial charge in [0, 0.05) is 23.2 Å². The number of nitrogens with zero attached hydrogens (tertiary/aromatic N) is 1. The predicted molar refractivity (Wildman–Crippen MR) is 58.1 cm³/mol. The fraction of sp³-hybridized carbons (Fsp3) is 0.0833. The van der Waals surface area contributed by atoms with Crippen LogP contribution in [0.25, 0.3) is 21.9 Å². The highest BCUT2D eigenvalue weighted by atomic mass is 16.5. The van der Waals surface area contributed by atoms with Crippen LogP contribution in [0.2, 0.25) is 0 Å². The van der Waals surface area contributed by atoms with E-state index in [2.05, 4.69) is 4.98 Å². The average molecular weight is 199 g/mol. The minimum Gasteiger partial charge on any atom is -0.497 e. The zero-order chi connectivity index (χ0) is 10.3. The number of methoxy groups -OCH3 is 1. The third-order valence-electron chi connectivity index (χ3n) is 2.48. The Labute approximate surface area is 86.3 Å². The molecule has 0 unspecified atom stereocenters. The summed E-state index contributed by atoms with van der Waals surface area (Å²) < 4.78 is 10.8. The molecule has 0 bridgehead atoms. The zero-order valence-corrected chi connectivity index (χ0v) is 8.23. The van der Waals surface area contributed by atoms with E-state index >= 15 is 0 Å². The summed E-state index contributed by atoms with van der Waals surface area (Å²) in [5, 5.41) is 2.06. The monoisotopic (exact) mass is 199 g/mol. The van der Waals surface area contributed by atoms with Gasteiger partial charge in [-0.25, -0.2) is 0 Å². The summed E-state index contributed by atoms with van der Waals surface area (Å²) in [4.78, 5) is 4.09. The maximum Gasteiger partial charge on any atom is 0.138 e. The molecule has 15 heavy (non-hydrogen) atoms. The Balaban J connectivity index is 2.46. The second-order valence-electron chi connectivity index (χ2n) is 3.34. The molecule has 3 nitrogen and oxygen atoms in total. The highest BCUT2D eigenvalue weighted by molar-refractivity contribution is 6.04. The lowest BCUT2D eigenvalue weighted by atomic mass is 10.2. The van der Waals surface area contributed by atoms with Crippen molar-refractivity contribution >= 4 is 21.9 Å². The van der Waals surface area contributed by atoms with Crippen molar-refractivity contribution < 1.29 is 9.15 Å². The maximum atomic E-state index is 5.66. The number of furan rings is 1. The lowest BCUT2D eigenvalue weighted by molar-refractivity contribution is 0.415. The van der Waals surface area contributed by atoms with Crippen molar-refractivity contribution in [2.75, 3.05) is 7.11 Å². The van der Waals surface area contributed by atoms with Crippen LogP contribution in [0.3, 0.4) is 0 Å². The van der Waals surface area contributed by atoms with Crippen molar-refractivity contribution in [3.8, 4) is 5.75 Å². The first-order chi connectivity index (χ1) is 7.38. The molecule has 3 rings (SSSR count). The molecule has 0 N–H and O–H groups in total. The Morgan fingerprint density at radius 3 is 2.87 bits per heavy atom. The van der Waals surface area contributed by atoms with Gasteiger partial charge in [0.25, 0.3) is 0 Å². The standard InChI is InChI=1S/C12H9NO2/c1-14-8-2-3-11-9(6-8)10-7-13-5-4-12(10)15-11/h2-7H,1H3. The van der Waals surface area contributed by atoms with Crippen LogP contribution in [0.5, 0.6) is 5.75 Å². The summed E-state index contributed by atoms with van der Waals surface area (Å²) in [6.07, 6.45) is 3.53. The van der Waals surface area contributed by atoms with E-state index in [0.29, 0.717) is 0 Å². The predicted octanol–water partition coefficient (Wildman–Crippen LogP) is 2.99. The van der Waals surface area contributed by atoms with Crippen LogP contribution in [0.15, 0.2) is 41.1 Å². The highest BCUT2D eigenvalue weighted by Crippen LogP contribution is 2.30. The molecule has 0 spiro atoms. The Morgan fingerprint density at radius 2 is 2.00 bits per heavy atom. The van der Waals surface area contributed by atoms with Crippen molar-refractivity contribution in [3.63, 3.8) is 0 Å². The van der Waals surface area contributed by atoms with Crippen molar-refractivity contribution in [1.82, 2.24) is 4.98 Å². The fourth-order valence-electron chi connectivity index (χ4n) is 1.73. The van der Waals surface area contributed by atoms with Crippen LogP contribution in [-0.2, 0) is 0 Å². The first-order valence-electron chi connectivity index (χ1n) is 4.69. The summed E-state index contributed by atoms with van der Waals surface area (Å²) in [5.41, 5.74) is 1.71. The molecular formula is C12H9NO2. The van der Waals surface area contributed by atoms with Crippen LogP contribution in [0, 0.1) is 0 Å². The van der Waals surface area contributed by atoms with Gasteiger partial charge in [0.1, 0.15) is 16.9 Å². The average Bonchev–Trinajstić information content (AvgIpc) is 2.66. The number of ether oxygens (including phenoxy) is 1. The van der Waals surface area contributed by atoms with Crippen molar-refractivity contribution in [2.24, 2.45) is 0 Å². The molecule has 0 amide bonds. The van der Waals surface area contributed by atoms with E-state index in [1.807, 2.05) is 24.3 Å². The van der Waals surface area contributed by atoms with E-state index in [1.165, 1.54) is 0 Å². The highest BCUT2D eigenvalue weighted by Gasteiger charge is 2.06. The minimum absolute atomic E-state index is 0.828. The van der Waals surface area contributed by atoms with Gasteiger partial charge in [-0.2, -0.15) is 0 Å². The second kappa shape index (κ2) is 2.98. The van der Waals surface area contributed by atoms with Crippen molar-refractivity contribution in [3.05, 3.63) is 36.7 Å². The number of pyridine rings is 1. The normalized spacial score (nSPS) is 11.0.